The Hall–Kier alpha value is -3.75. The van der Waals surface area contributed by atoms with Crippen LogP contribution in [0.25, 0.3) is 27.7 Å². The van der Waals surface area contributed by atoms with Gasteiger partial charge in [-0.2, -0.15) is 5.10 Å². The molecule has 0 aliphatic carbocycles. The zero-order valence-corrected chi connectivity index (χ0v) is 22.2. The van der Waals surface area contributed by atoms with Crippen molar-refractivity contribution >= 4 is 28.1 Å². The normalized spacial score (nSPS) is 17.1. The monoisotopic (exact) mass is 508 g/mol. The number of hydrogen-bond acceptors (Lipinski definition) is 7. The topological polar surface area (TPSA) is 76.2 Å². The number of aromatic amines is 1. The number of nitrogens with zero attached hydrogens (tertiary/aromatic N) is 6. The van der Waals surface area contributed by atoms with Gasteiger partial charge in [-0.25, -0.2) is 4.98 Å². The number of likely N-dealkylation sites (N-methyl/N-ethyl adjacent to an activating group) is 1. The lowest BCUT2D eigenvalue weighted by Gasteiger charge is -2.32. The molecule has 8 heteroatoms. The molecule has 8 nitrogen and oxygen atoms in total. The van der Waals surface area contributed by atoms with Crippen molar-refractivity contribution in [1.82, 2.24) is 30.0 Å². The number of rotatable bonds is 7. The molecule has 0 amide bonds. The Morgan fingerprint density at radius 3 is 2.55 bits per heavy atom. The number of hydrogen-bond donors (Lipinski definition) is 2. The Morgan fingerprint density at radius 2 is 1.76 bits per heavy atom. The van der Waals surface area contributed by atoms with Crippen molar-refractivity contribution < 1.29 is 0 Å². The van der Waals surface area contributed by atoms with Gasteiger partial charge in [0.2, 0.25) is 0 Å². The Kier molecular flexibility index (Phi) is 7.07. The first-order chi connectivity index (χ1) is 18.6. The summed E-state index contributed by atoms with van der Waals surface area (Å²) in [6.45, 7) is 11.8. The van der Waals surface area contributed by atoms with E-state index in [1.807, 2.05) is 18.6 Å². The number of H-pyrrole nitrogens is 1. The highest BCUT2D eigenvalue weighted by molar-refractivity contribution is 5.95. The van der Waals surface area contributed by atoms with Crippen molar-refractivity contribution in [2.75, 3.05) is 56.5 Å². The second-order valence-corrected chi connectivity index (χ2v) is 10.6. The van der Waals surface area contributed by atoms with E-state index in [0.717, 1.165) is 90.7 Å². The summed E-state index contributed by atoms with van der Waals surface area (Å²) in [4.78, 5) is 16.5. The van der Waals surface area contributed by atoms with Crippen LogP contribution in [-0.2, 0) is 6.54 Å². The Labute approximate surface area is 224 Å². The fourth-order valence-corrected chi connectivity index (χ4v) is 5.42. The summed E-state index contributed by atoms with van der Waals surface area (Å²) in [7, 11) is 2.19. The van der Waals surface area contributed by atoms with Crippen LogP contribution in [0.2, 0.25) is 0 Å². The van der Waals surface area contributed by atoms with Crippen LogP contribution in [0.1, 0.15) is 30.5 Å². The highest BCUT2D eigenvalue weighted by Crippen LogP contribution is 2.29. The molecule has 0 radical (unpaired) electrons. The maximum Gasteiger partial charge on any atom is 0.128 e. The number of nitrogens with one attached hydrogen (secondary N) is 2. The fraction of sp³-hybridized carbons (Fsp3) is 0.367. The molecule has 0 saturated carbocycles. The first kappa shape index (κ1) is 24.6. The van der Waals surface area contributed by atoms with Crippen molar-refractivity contribution in [1.29, 1.82) is 0 Å². The minimum atomic E-state index is 0.739. The van der Waals surface area contributed by atoms with E-state index in [2.05, 4.69) is 90.2 Å². The van der Waals surface area contributed by atoms with Gasteiger partial charge in [0.15, 0.2) is 0 Å². The third kappa shape index (κ3) is 5.42. The van der Waals surface area contributed by atoms with E-state index in [1.54, 1.807) is 0 Å². The van der Waals surface area contributed by atoms with Gasteiger partial charge in [0.25, 0.3) is 0 Å². The van der Waals surface area contributed by atoms with Crippen molar-refractivity contribution in [3.05, 3.63) is 72.8 Å². The van der Waals surface area contributed by atoms with Gasteiger partial charge in [-0.05, 0) is 67.8 Å². The highest BCUT2D eigenvalue weighted by atomic mass is 15.2. The molecule has 2 aliphatic heterocycles. The summed E-state index contributed by atoms with van der Waals surface area (Å²) in [5, 5.41) is 12.2. The molecule has 4 aromatic rings. The predicted octanol–water partition coefficient (Wildman–Crippen LogP) is 4.84. The van der Waals surface area contributed by atoms with Gasteiger partial charge in [0.05, 0.1) is 23.1 Å². The Balaban J connectivity index is 1.18. The summed E-state index contributed by atoms with van der Waals surface area (Å²) < 4.78 is 0. The van der Waals surface area contributed by atoms with Gasteiger partial charge in [0, 0.05) is 69.2 Å². The van der Waals surface area contributed by atoms with Gasteiger partial charge in [0.1, 0.15) is 11.5 Å². The van der Waals surface area contributed by atoms with Crippen molar-refractivity contribution in [2.45, 2.75) is 25.8 Å². The third-order valence-corrected chi connectivity index (χ3v) is 7.70. The van der Waals surface area contributed by atoms with Gasteiger partial charge in [-0.3, -0.25) is 15.0 Å². The second-order valence-electron chi connectivity index (χ2n) is 10.6. The molecule has 2 fully saturated rings. The molecule has 5 heterocycles. The van der Waals surface area contributed by atoms with Crippen molar-refractivity contribution in [3.8, 4) is 11.1 Å². The number of fused-ring (bicyclic) bond motifs is 1. The van der Waals surface area contributed by atoms with E-state index in [-0.39, 0.29) is 0 Å². The molecule has 0 bridgehead atoms. The minimum absolute atomic E-state index is 0.739. The largest absolute Gasteiger partial charge is 0.357 e. The molecule has 6 rings (SSSR count). The minimum Gasteiger partial charge on any atom is -0.357 e. The second kappa shape index (κ2) is 10.9. The molecular weight excluding hydrogens is 472 g/mol. The molecule has 2 aliphatic rings. The number of aromatic nitrogens is 4. The maximum absolute atomic E-state index is 4.69. The van der Waals surface area contributed by atoms with Crippen molar-refractivity contribution in [3.63, 3.8) is 0 Å². The van der Waals surface area contributed by atoms with Crippen LogP contribution in [0.15, 0.2) is 61.6 Å². The van der Waals surface area contributed by atoms with E-state index in [1.165, 1.54) is 24.8 Å². The van der Waals surface area contributed by atoms with Crippen LogP contribution >= 0.6 is 0 Å². The molecule has 1 aromatic carbocycles. The summed E-state index contributed by atoms with van der Waals surface area (Å²) in [6, 6.07) is 12.8. The summed E-state index contributed by atoms with van der Waals surface area (Å²) in [6.07, 6.45) is 9.60. The van der Waals surface area contributed by atoms with Crippen molar-refractivity contribution in [2.24, 2.45) is 0 Å². The number of pyridine rings is 2. The fourth-order valence-electron chi connectivity index (χ4n) is 5.42. The number of piperidine rings is 1. The average molecular weight is 509 g/mol. The van der Waals surface area contributed by atoms with Crippen LogP contribution in [0.5, 0.6) is 0 Å². The SMILES string of the molecule is C=C(Nc1ccc(N2CCCCC2)nc1)c1n[nH]c2ccc(-c3cncc(CN4CCN(C)CC4)c3)cc12. The van der Waals surface area contributed by atoms with E-state index < -0.39 is 0 Å². The Morgan fingerprint density at radius 1 is 0.921 bits per heavy atom. The van der Waals surface area contributed by atoms with Crippen LogP contribution < -0.4 is 10.2 Å². The molecular formula is C30H36N8. The van der Waals surface area contributed by atoms with Crippen LogP contribution in [0, 0.1) is 0 Å². The van der Waals surface area contributed by atoms with Gasteiger partial charge in [-0.1, -0.05) is 12.6 Å². The van der Waals surface area contributed by atoms with Crippen LogP contribution in [0.4, 0.5) is 11.5 Å². The lowest BCUT2D eigenvalue weighted by molar-refractivity contribution is 0.148. The number of benzene rings is 1. The summed E-state index contributed by atoms with van der Waals surface area (Å²) in [5.41, 5.74) is 6.91. The quantitative estimate of drug-likeness (QED) is 0.370. The van der Waals surface area contributed by atoms with Gasteiger partial charge >= 0.3 is 0 Å². The first-order valence-corrected chi connectivity index (χ1v) is 13.6. The number of piperazine rings is 1. The maximum atomic E-state index is 4.69. The van der Waals surface area contributed by atoms with Gasteiger partial charge < -0.3 is 15.1 Å². The third-order valence-electron chi connectivity index (χ3n) is 7.70. The molecule has 0 spiro atoms. The molecule has 3 aromatic heterocycles. The van der Waals surface area contributed by atoms with E-state index >= 15 is 0 Å². The van der Waals surface area contributed by atoms with E-state index in [0.29, 0.717) is 0 Å². The summed E-state index contributed by atoms with van der Waals surface area (Å²) in [5.74, 6) is 1.04. The zero-order chi connectivity index (χ0) is 25.9. The average Bonchev–Trinajstić information content (AvgIpc) is 3.39. The lowest BCUT2D eigenvalue weighted by Crippen LogP contribution is -2.43. The summed E-state index contributed by atoms with van der Waals surface area (Å²) >= 11 is 0. The zero-order valence-electron chi connectivity index (χ0n) is 22.2. The Bertz CT molecular complexity index is 1400. The molecule has 196 valence electrons. The first-order valence-electron chi connectivity index (χ1n) is 13.6. The van der Waals surface area contributed by atoms with Crippen LogP contribution in [-0.4, -0.2) is 76.3 Å². The lowest BCUT2D eigenvalue weighted by atomic mass is 10.0. The molecule has 0 unspecified atom stereocenters. The molecule has 0 atom stereocenters. The van der Waals surface area contributed by atoms with Gasteiger partial charge in [-0.15, -0.1) is 0 Å². The molecule has 2 saturated heterocycles. The van der Waals surface area contributed by atoms with Crippen LogP contribution in [0.3, 0.4) is 0 Å². The van der Waals surface area contributed by atoms with E-state index in [9.17, 15) is 0 Å². The predicted molar refractivity (Wildman–Crippen MR) is 155 cm³/mol. The van der Waals surface area contributed by atoms with E-state index in [4.69, 9.17) is 0 Å². The molecule has 38 heavy (non-hydrogen) atoms. The molecule has 2 N–H and O–H groups in total. The smallest absolute Gasteiger partial charge is 0.128 e. The highest BCUT2D eigenvalue weighted by Gasteiger charge is 2.16. The standard InChI is InChI=1S/C30H36N8/c1-22(33-26-7-9-29(32-20-26)38-10-4-3-5-11-38)30-27-17-24(6-8-28(27)34-35-30)25-16-23(18-31-19-25)21-37-14-12-36(2)13-15-37/h6-9,16-20,33H,1,3-5,10-15,21H2,2H3,(H,34,35). The number of anilines is 2.